The van der Waals surface area contributed by atoms with E-state index in [-0.39, 0.29) is 11.2 Å². The molecule has 5 rings (SSSR count). The molecule has 2 aromatic heterocycles. The fraction of sp³-hybridized carbons (Fsp3) is 0.259. The lowest BCUT2D eigenvalue weighted by Gasteiger charge is -2.18. The van der Waals surface area contributed by atoms with Gasteiger partial charge in [0.05, 0.1) is 18.0 Å². The van der Waals surface area contributed by atoms with Crippen molar-refractivity contribution in [1.82, 2.24) is 4.98 Å². The smallest absolute Gasteiger partial charge is 0.287 e. The Hall–Kier alpha value is -3.27. The highest BCUT2D eigenvalue weighted by molar-refractivity contribution is 6.11. The Balaban J connectivity index is 1.81. The minimum Gasteiger partial charge on any atom is -0.455 e. The van der Waals surface area contributed by atoms with Crippen LogP contribution in [0.2, 0.25) is 0 Å². The van der Waals surface area contributed by atoms with E-state index >= 15 is 0 Å². The lowest BCUT2D eigenvalue weighted by atomic mass is 9.87. The molecule has 2 heterocycles. The first kappa shape index (κ1) is 19.7. The van der Waals surface area contributed by atoms with Gasteiger partial charge in [0, 0.05) is 16.8 Å². The minimum absolute atomic E-state index is 0.210. The van der Waals surface area contributed by atoms with E-state index in [1.54, 1.807) is 6.07 Å². The number of furan rings is 1. The van der Waals surface area contributed by atoms with Crippen molar-refractivity contribution in [1.29, 1.82) is 0 Å². The highest BCUT2D eigenvalue weighted by atomic mass is 19.1. The second kappa shape index (κ2) is 6.88. The summed E-state index contributed by atoms with van der Waals surface area (Å²) in [4.78, 5) is 4.70. The molecule has 0 saturated heterocycles. The Morgan fingerprint density at radius 1 is 0.968 bits per heavy atom. The molecule has 0 aliphatic rings. The minimum atomic E-state index is -0.295. The van der Waals surface area contributed by atoms with Crippen LogP contribution < -0.4 is 4.57 Å². The molecule has 0 radical (unpaired) electrons. The third-order valence-corrected chi connectivity index (χ3v) is 5.82. The van der Waals surface area contributed by atoms with Gasteiger partial charge in [-0.25, -0.2) is 8.96 Å². The number of hydrogen-bond acceptors (Lipinski definition) is 2. The Morgan fingerprint density at radius 2 is 1.71 bits per heavy atom. The second-order valence-corrected chi connectivity index (χ2v) is 9.67. The fourth-order valence-electron chi connectivity index (χ4n) is 4.52. The molecule has 4 heteroatoms. The van der Waals surface area contributed by atoms with E-state index in [2.05, 4.69) is 58.0 Å². The first-order valence-corrected chi connectivity index (χ1v) is 10.6. The van der Waals surface area contributed by atoms with Gasteiger partial charge in [0.25, 0.3) is 6.33 Å². The summed E-state index contributed by atoms with van der Waals surface area (Å²) in [6.45, 7) is 8.82. The van der Waals surface area contributed by atoms with Crippen molar-refractivity contribution >= 4 is 32.8 Å². The number of hydrogen-bond donors (Lipinski definition) is 0. The molecule has 0 N–H and O–H groups in total. The molecule has 3 aromatic carbocycles. The van der Waals surface area contributed by atoms with Gasteiger partial charge in [-0.3, -0.25) is 0 Å². The summed E-state index contributed by atoms with van der Waals surface area (Å²) in [6, 6.07) is 15.4. The third-order valence-electron chi connectivity index (χ3n) is 5.82. The molecule has 0 atom stereocenters. The number of fused-ring (bicyclic) bond motifs is 4. The average Bonchev–Trinajstić information content (AvgIpc) is 3.05. The molecule has 3 nitrogen and oxygen atoms in total. The van der Waals surface area contributed by atoms with Gasteiger partial charge in [0.2, 0.25) is 0 Å². The standard InChI is InChI=1S/C27H26FN2O/c1-16-6-9-20-19-11-8-18(28)13-23(19)31-26(20)24(16)25-21-10-7-17(14-27(2,3)4)12-22(21)29-15-30(25)5/h6-13,15H,14H2,1-5H3/q+1. The van der Waals surface area contributed by atoms with Gasteiger partial charge in [0.1, 0.15) is 22.7 Å². The Bertz CT molecular complexity index is 1470. The SMILES string of the molecule is Cc1ccc2c(oc3cc(F)ccc32)c1-c1c2ccc(CC(C)(C)C)cc2nc[n+]1C. The van der Waals surface area contributed by atoms with Crippen LogP contribution in [0.5, 0.6) is 0 Å². The van der Waals surface area contributed by atoms with Gasteiger partial charge < -0.3 is 4.42 Å². The zero-order chi connectivity index (χ0) is 21.9. The summed E-state index contributed by atoms with van der Waals surface area (Å²) in [5.41, 5.74) is 6.98. The van der Waals surface area contributed by atoms with Gasteiger partial charge in [-0.15, -0.1) is 0 Å². The van der Waals surface area contributed by atoms with E-state index in [0.717, 1.165) is 50.5 Å². The number of rotatable bonds is 2. The van der Waals surface area contributed by atoms with Gasteiger partial charge in [-0.05, 0) is 59.1 Å². The van der Waals surface area contributed by atoms with Crippen molar-refractivity contribution in [2.24, 2.45) is 12.5 Å². The summed E-state index contributed by atoms with van der Waals surface area (Å²) in [5.74, 6) is -0.295. The van der Waals surface area contributed by atoms with Crippen LogP contribution in [0.4, 0.5) is 4.39 Å². The number of nitrogens with zero attached hydrogens (tertiary/aromatic N) is 2. The summed E-state index contributed by atoms with van der Waals surface area (Å²) < 4.78 is 22.1. The van der Waals surface area contributed by atoms with Gasteiger partial charge in [0.15, 0.2) is 5.52 Å². The molecule has 0 unspecified atom stereocenters. The predicted octanol–water partition coefficient (Wildman–Crippen LogP) is 6.66. The second-order valence-electron chi connectivity index (χ2n) is 9.67. The number of aryl methyl sites for hydroxylation is 2. The lowest BCUT2D eigenvalue weighted by Crippen LogP contribution is -2.32. The van der Waals surface area contributed by atoms with Crippen LogP contribution in [0.15, 0.2) is 59.3 Å². The third kappa shape index (κ3) is 3.36. The molecule has 0 aliphatic carbocycles. The van der Waals surface area contributed by atoms with Crippen LogP contribution in [-0.4, -0.2) is 4.98 Å². The molecule has 0 aliphatic heterocycles. The largest absolute Gasteiger partial charge is 0.455 e. The number of halogens is 1. The number of aromatic nitrogens is 2. The van der Waals surface area contributed by atoms with Crippen molar-refractivity contribution in [3.63, 3.8) is 0 Å². The van der Waals surface area contributed by atoms with E-state index in [1.807, 2.05) is 17.9 Å². The molecular weight excluding hydrogens is 387 g/mol. The molecule has 0 saturated carbocycles. The maximum atomic E-state index is 13.8. The van der Waals surface area contributed by atoms with E-state index in [4.69, 9.17) is 9.40 Å². The zero-order valence-corrected chi connectivity index (χ0v) is 18.6. The highest BCUT2D eigenvalue weighted by Crippen LogP contribution is 2.39. The summed E-state index contributed by atoms with van der Waals surface area (Å²) >= 11 is 0. The molecule has 0 fully saturated rings. The quantitative estimate of drug-likeness (QED) is 0.303. The molecule has 0 bridgehead atoms. The predicted molar refractivity (Wildman–Crippen MR) is 123 cm³/mol. The number of benzene rings is 3. The van der Waals surface area contributed by atoms with Gasteiger partial charge in [-0.1, -0.05) is 39.0 Å². The maximum Gasteiger partial charge on any atom is 0.287 e. The average molecular weight is 414 g/mol. The van der Waals surface area contributed by atoms with Crippen LogP contribution in [0, 0.1) is 18.2 Å². The van der Waals surface area contributed by atoms with Crippen molar-refractivity contribution in [2.75, 3.05) is 0 Å². The van der Waals surface area contributed by atoms with Gasteiger partial charge in [-0.2, -0.15) is 0 Å². The summed E-state index contributed by atoms with van der Waals surface area (Å²) in [5, 5.41) is 2.99. The molecular formula is C27H26FN2O+. The normalized spacial score (nSPS) is 12.3. The van der Waals surface area contributed by atoms with Crippen molar-refractivity contribution in [3.8, 4) is 11.3 Å². The lowest BCUT2D eigenvalue weighted by molar-refractivity contribution is -0.662. The van der Waals surface area contributed by atoms with Crippen molar-refractivity contribution < 1.29 is 13.4 Å². The molecule has 31 heavy (non-hydrogen) atoms. The Kier molecular flexibility index (Phi) is 4.37. The monoisotopic (exact) mass is 413 g/mol. The van der Waals surface area contributed by atoms with Crippen LogP contribution >= 0.6 is 0 Å². The van der Waals surface area contributed by atoms with Gasteiger partial charge >= 0.3 is 0 Å². The Morgan fingerprint density at radius 3 is 2.48 bits per heavy atom. The first-order chi connectivity index (χ1) is 14.7. The molecule has 0 spiro atoms. The van der Waals surface area contributed by atoms with Crippen molar-refractivity contribution in [2.45, 2.75) is 34.1 Å². The summed E-state index contributed by atoms with van der Waals surface area (Å²) in [7, 11) is 2.01. The molecule has 0 amide bonds. The highest BCUT2D eigenvalue weighted by Gasteiger charge is 2.23. The fourth-order valence-corrected chi connectivity index (χ4v) is 4.52. The first-order valence-electron chi connectivity index (χ1n) is 10.6. The Labute approximate surface area is 181 Å². The van der Waals surface area contributed by atoms with E-state index in [1.165, 1.54) is 17.7 Å². The maximum absolute atomic E-state index is 13.8. The van der Waals surface area contributed by atoms with Crippen LogP contribution in [0.1, 0.15) is 31.9 Å². The molecule has 5 aromatic rings. The zero-order valence-electron chi connectivity index (χ0n) is 18.6. The topological polar surface area (TPSA) is 29.9 Å². The van der Waals surface area contributed by atoms with Crippen LogP contribution in [-0.2, 0) is 13.5 Å². The van der Waals surface area contributed by atoms with E-state index in [0.29, 0.717) is 5.58 Å². The summed E-state index contributed by atoms with van der Waals surface area (Å²) in [6.07, 6.45) is 2.85. The van der Waals surface area contributed by atoms with E-state index < -0.39 is 0 Å². The van der Waals surface area contributed by atoms with Crippen molar-refractivity contribution in [3.05, 3.63) is 71.8 Å². The van der Waals surface area contributed by atoms with Crippen LogP contribution in [0.3, 0.4) is 0 Å². The van der Waals surface area contributed by atoms with Crippen LogP contribution in [0.25, 0.3) is 44.1 Å². The van der Waals surface area contributed by atoms with E-state index in [9.17, 15) is 4.39 Å². The molecule has 156 valence electrons.